The summed E-state index contributed by atoms with van der Waals surface area (Å²) >= 11 is 3.36. The Morgan fingerprint density at radius 3 is 2.94 bits per heavy atom. The van der Waals surface area contributed by atoms with Crippen LogP contribution in [0.2, 0.25) is 0 Å². The number of halogens is 1. The Labute approximate surface area is 113 Å². The van der Waals surface area contributed by atoms with Crippen molar-refractivity contribution in [3.8, 4) is 6.07 Å². The van der Waals surface area contributed by atoms with Gasteiger partial charge in [0.1, 0.15) is 11.9 Å². The van der Waals surface area contributed by atoms with Gasteiger partial charge in [0.15, 0.2) is 0 Å². The van der Waals surface area contributed by atoms with E-state index in [-0.39, 0.29) is 5.95 Å². The lowest BCUT2D eigenvalue weighted by Gasteiger charge is -2.10. The monoisotopic (exact) mass is 303 g/mol. The molecule has 2 aromatic rings. The highest BCUT2D eigenvalue weighted by molar-refractivity contribution is 9.10. The number of rotatable bonds is 2. The van der Waals surface area contributed by atoms with Crippen LogP contribution in [0.25, 0.3) is 0 Å². The molecule has 0 saturated heterocycles. The van der Waals surface area contributed by atoms with Crippen LogP contribution >= 0.6 is 15.9 Å². The molecule has 0 amide bonds. The van der Waals surface area contributed by atoms with Gasteiger partial charge in [-0.25, -0.2) is 4.98 Å². The standard InChI is InChI=1S/C12H10BrN5/c1-7-6-16-12(15)18-11(7)17-10-4-9(13)3-2-8(10)5-14/h2-4,6H,1H3,(H3,15,16,17,18). The second kappa shape index (κ2) is 5.02. The molecule has 6 heteroatoms. The van der Waals surface area contributed by atoms with Gasteiger partial charge in [-0.05, 0) is 25.1 Å². The lowest BCUT2D eigenvalue weighted by atomic mass is 10.2. The van der Waals surface area contributed by atoms with E-state index in [9.17, 15) is 0 Å². The predicted molar refractivity (Wildman–Crippen MR) is 73.3 cm³/mol. The fraction of sp³-hybridized carbons (Fsp3) is 0.0833. The second-order valence-corrected chi connectivity index (χ2v) is 4.60. The third-order valence-corrected chi connectivity index (χ3v) is 2.84. The van der Waals surface area contributed by atoms with Crippen molar-refractivity contribution in [3.63, 3.8) is 0 Å². The molecule has 5 nitrogen and oxygen atoms in total. The summed E-state index contributed by atoms with van der Waals surface area (Å²) in [6, 6.07) is 7.47. The summed E-state index contributed by atoms with van der Waals surface area (Å²) < 4.78 is 0.878. The molecule has 0 aliphatic carbocycles. The molecular weight excluding hydrogens is 294 g/mol. The van der Waals surface area contributed by atoms with Gasteiger partial charge < -0.3 is 11.1 Å². The molecule has 0 unspecified atom stereocenters. The van der Waals surface area contributed by atoms with Crippen LogP contribution in [0, 0.1) is 18.3 Å². The summed E-state index contributed by atoms with van der Waals surface area (Å²) in [4.78, 5) is 8.00. The van der Waals surface area contributed by atoms with Crippen LogP contribution in [0.1, 0.15) is 11.1 Å². The summed E-state index contributed by atoms with van der Waals surface area (Å²) in [5, 5.41) is 12.1. The highest BCUT2D eigenvalue weighted by Crippen LogP contribution is 2.25. The van der Waals surface area contributed by atoms with E-state index >= 15 is 0 Å². The number of hydrogen-bond donors (Lipinski definition) is 2. The third-order valence-electron chi connectivity index (χ3n) is 2.35. The Balaban J connectivity index is 2.43. The first kappa shape index (κ1) is 12.3. The van der Waals surface area contributed by atoms with Crippen molar-refractivity contribution in [2.75, 3.05) is 11.1 Å². The lowest BCUT2D eigenvalue weighted by Crippen LogP contribution is -2.03. The number of benzene rings is 1. The first-order chi connectivity index (χ1) is 8.60. The number of aromatic nitrogens is 2. The van der Waals surface area contributed by atoms with E-state index in [0.29, 0.717) is 17.1 Å². The van der Waals surface area contributed by atoms with Crippen molar-refractivity contribution in [1.82, 2.24) is 9.97 Å². The molecule has 3 N–H and O–H groups in total. The summed E-state index contributed by atoms with van der Waals surface area (Å²) in [6.07, 6.45) is 1.63. The third kappa shape index (κ3) is 2.57. The van der Waals surface area contributed by atoms with Gasteiger partial charge in [-0.1, -0.05) is 15.9 Å². The Bertz CT molecular complexity index is 633. The van der Waals surface area contributed by atoms with Crippen molar-refractivity contribution in [2.45, 2.75) is 6.92 Å². The topological polar surface area (TPSA) is 87.6 Å². The fourth-order valence-corrected chi connectivity index (χ4v) is 1.79. The number of nitrogens with two attached hydrogens (primary N) is 1. The molecule has 0 saturated carbocycles. The molecule has 1 heterocycles. The highest BCUT2D eigenvalue weighted by atomic mass is 79.9. The number of nitrogen functional groups attached to an aromatic ring is 1. The SMILES string of the molecule is Cc1cnc(N)nc1Nc1cc(Br)ccc1C#N. The van der Waals surface area contributed by atoms with Crippen LogP contribution in [0.3, 0.4) is 0 Å². The zero-order valence-corrected chi connectivity index (χ0v) is 11.2. The molecule has 2 rings (SSSR count). The summed E-state index contributed by atoms with van der Waals surface area (Å²) in [7, 11) is 0. The molecule has 18 heavy (non-hydrogen) atoms. The molecule has 0 atom stereocenters. The van der Waals surface area contributed by atoms with E-state index in [1.165, 1.54) is 0 Å². The van der Waals surface area contributed by atoms with Crippen molar-refractivity contribution in [3.05, 3.63) is 40.0 Å². The van der Waals surface area contributed by atoms with E-state index in [0.717, 1.165) is 10.0 Å². The van der Waals surface area contributed by atoms with Crippen molar-refractivity contribution >= 4 is 33.4 Å². The van der Waals surface area contributed by atoms with Crippen molar-refractivity contribution in [2.24, 2.45) is 0 Å². The number of nitrogens with one attached hydrogen (secondary N) is 1. The van der Waals surface area contributed by atoms with Gasteiger partial charge in [-0.15, -0.1) is 0 Å². The van der Waals surface area contributed by atoms with Gasteiger partial charge >= 0.3 is 0 Å². The molecule has 0 spiro atoms. The Hall–Kier alpha value is -2.13. The Morgan fingerprint density at radius 2 is 2.22 bits per heavy atom. The van der Waals surface area contributed by atoms with Gasteiger partial charge in [0.05, 0.1) is 11.3 Å². The smallest absolute Gasteiger partial charge is 0.221 e. The van der Waals surface area contributed by atoms with Gasteiger partial charge in [0.2, 0.25) is 5.95 Å². The van der Waals surface area contributed by atoms with Crippen LogP contribution in [0.5, 0.6) is 0 Å². The maximum absolute atomic E-state index is 9.05. The largest absolute Gasteiger partial charge is 0.368 e. The quantitative estimate of drug-likeness (QED) is 0.890. The number of nitriles is 1. The summed E-state index contributed by atoms with van der Waals surface area (Å²) in [6.45, 7) is 1.87. The van der Waals surface area contributed by atoms with E-state index in [2.05, 4.69) is 37.3 Å². The predicted octanol–water partition coefficient (Wildman–Crippen LogP) is 2.75. The van der Waals surface area contributed by atoms with Gasteiger partial charge in [0, 0.05) is 16.2 Å². The minimum absolute atomic E-state index is 0.191. The molecule has 1 aromatic carbocycles. The lowest BCUT2D eigenvalue weighted by molar-refractivity contribution is 1.15. The zero-order valence-electron chi connectivity index (χ0n) is 9.61. The van der Waals surface area contributed by atoms with E-state index in [4.69, 9.17) is 11.0 Å². The van der Waals surface area contributed by atoms with Crippen LogP contribution in [0.15, 0.2) is 28.9 Å². The van der Waals surface area contributed by atoms with Crippen molar-refractivity contribution < 1.29 is 0 Å². The summed E-state index contributed by atoms with van der Waals surface area (Å²) in [5.41, 5.74) is 7.61. The highest BCUT2D eigenvalue weighted by Gasteiger charge is 2.07. The fourth-order valence-electron chi connectivity index (χ4n) is 1.43. The molecule has 0 aliphatic rings. The average Bonchev–Trinajstić information content (AvgIpc) is 2.34. The van der Waals surface area contributed by atoms with Gasteiger partial charge in [-0.2, -0.15) is 10.2 Å². The minimum Gasteiger partial charge on any atom is -0.368 e. The first-order valence-electron chi connectivity index (χ1n) is 5.16. The number of anilines is 3. The van der Waals surface area contributed by atoms with E-state index in [1.807, 2.05) is 19.1 Å². The molecule has 90 valence electrons. The molecule has 0 radical (unpaired) electrons. The van der Waals surface area contributed by atoms with Crippen LogP contribution in [0.4, 0.5) is 17.5 Å². The Morgan fingerprint density at radius 1 is 1.44 bits per heavy atom. The molecule has 0 bridgehead atoms. The van der Waals surface area contributed by atoms with Crippen molar-refractivity contribution in [1.29, 1.82) is 5.26 Å². The molecular formula is C12H10BrN5. The normalized spacial score (nSPS) is 9.83. The minimum atomic E-state index is 0.191. The van der Waals surface area contributed by atoms with E-state index in [1.54, 1.807) is 12.3 Å². The molecule has 0 aliphatic heterocycles. The maximum Gasteiger partial charge on any atom is 0.221 e. The van der Waals surface area contributed by atoms with Crippen LogP contribution < -0.4 is 11.1 Å². The average molecular weight is 304 g/mol. The number of hydrogen-bond acceptors (Lipinski definition) is 5. The van der Waals surface area contributed by atoms with Crippen LogP contribution in [-0.2, 0) is 0 Å². The van der Waals surface area contributed by atoms with E-state index < -0.39 is 0 Å². The second-order valence-electron chi connectivity index (χ2n) is 3.69. The Kier molecular flexibility index (Phi) is 3.44. The first-order valence-corrected chi connectivity index (χ1v) is 5.95. The van der Waals surface area contributed by atoms with Gasteiger partial charge in [-0.3, -0.25) is 0 Å². The summed E-state index contributed by atoms with van der Waals surface area (Å²) in [5.74, 6) is 0.786. The molecule has 1 aromatic heterocycles. The maximum atomic E-state index is 9.05. The zero-order chi connectivity index (χ0) is 13.1. The van der Waals surface area contributed by atoms with Crippen LogP contribution in [-0.4, -0.2) is 9.97 Å². The molecule has 0 fully saturated rings. The van der Waals surface area contributed by atoms with Gasteiger partial charge in [0.25, 0.3) is 0 Å². The number of aryl methyl sites for hydroxylation is 1. The number of nitrogens with zero attached hydrogens (tertiary/aromatic N) is 3.